The summed E-state index contributed by atoms with van der Waals surface area (Å²) in [6, 6.07) is 0. The van der Waals surface area contributed by atoms with Gasteiger partial charge < -0.3 is 5.11 Å². The Balaban J connectivity index is 2.04. The first-order chi connectivity index (χ1) is 10.2. The number of aromatic nitrogens is 3. The first kappa shape index (κ1) is 17.7. The fourth-order valence-corrected chi connectivity index (χ4v) is 2.38. The van der Waals surface area contributed by atoms with E-state index < -0.39 is 5.97 Å². The third-order valence-electron chi connectivity index (χ3n) is 3.65. The second-order valence-electron chi connectivity index (χ2n) is 5.70. The molecule has 0 amide bonds. The molecule has 0 aromatic carbocycles. The number of aliphatic carboxylic acids is 1. The van der Waals surface area contributed by atoms with Gasteiger partial charge in [0, 0.05) is 19.2 Å². The number of hydrogen-bond acceptors (Lipinski definition) is 3. The van der Waals surface area contributed by atoms with E-state index in [2.05, 4.69) is 17.2 Å². The van der Waals surface area contributed by atoms with E-state index in [1.807, 2.05) is 10.9 Å². The highest BCUT2D eigenvalue weighted by Crippen LogP contribution is 2.08. The number of carboxylic acid groups (broad SMARTS) is 1. The zero-order chi connectivity index (χ0) is 15.3. The third kappa shape index (κ3) is 9.21. The van der Waals surface area contributed by atoms with E-state index in [1.165, 1.54) is 38.5 Å². The molecule has 0 bridgehead atoms. The lowest BCUT2D eigenvalue weighted by Gasteiger charge is -2.01. The predicted octanol–water partition coefficient (Wildman–Crippen LogP) is 3.83. The molecule has 0 radical (unpaired) electrons. The molecule has 1 N–H and O–H groups in total. The molecule has 120 valence electrons. The molecule has 0 atom stereocenters. The van der Waals surface area contributed by atoms with Crippen LogP contribution in [0, 0.1) is 0 Å². The summed E-state index contributed by atoms with van der Waals surface area (Å²) in [6.07, 6.45) is 13.7. The Morgan fingerprint density at radius 1 is 1.10 bits per heavy atom. The molecule has 1 aromatic heterocycles. The summed E-state index contributed by atoms with van der Waals surface area (Å²) in [5, 5.41) is 16.8. The second-order valence-corrected chi connectivity index (χ2v) is 5.70. The third-order valence-corrected chi connectivity index (χ3v) is 3.65. The van der Waals surface area contributed by atoms with Crippen LogP contribution in [0.4, 0.5) is 0 Å². The van der Waals surface area contributed by atoms with Gasteiger partial charge in [-0.1, -0.05) is 50.7 Å². The first-order valence-electron chi connectivity index (χ1n) is 8.33. The van der Waals surface area contributed by atoms with Gasteiger partial charge >= 0.3 is 5.97 Å². The smallest absolute Gasteiger partial charge is 0.303 e. The van der Waals surface area contributed by atoms with Gasteiger partial charge in [0.15, 0.2) is 0 Å². The van der Waals surface area contributed by atoms with Crippen molar-refractivity contribution >= 4 is 5.97 Å². The maximum atomic E-state index is 10.4. The van der Waals surface area contributed by atoms with Crippen molar-refractivity contribution in [1.82, 2.24) is 15.0 Å². The highest BCUT2D eigenvalue weighted by molar-refractivity contribution is 5.66. The van der Waals surface area contributed by atoms with Crippen molar-refractivity contribution in [3.63, 3.8) is 0 Å². The number of nitrogens with zero attached hydrogens (tertiary/aromatic N) is 3. The average Bonchev–Trinajstić information content (AvgIpc) is 2.90. The molecular formula is C16H29N3O2. The van der Waals surface area contributed by atoms with E-state index in [9.17, 15) is 4.79 Å². The number of aryl methyl sites for hydroxylation is 2. The Morgan fingerprint density at radius 2 is 1.81 bits per heavy atom. The lowest BCUT2D eigenvalue weighted by molar-refractivity contribution is -0.137. The first-order valence-corrected chi connectivity index (χ1v) is 8.33. The van der Waals surface area contributed by atoms with Crippen LogP contribution in [0.25, 0.3) is 0 Å². The Bertz CT molecular complexity index is 391. The topological polar surface area (TPSA) is 68.0 Å². The molecule has 5 nitrogen and oxygen atoms in total. The number of carbonyl (C=O) groups is 1. The Labute approximate surface area is 127 Å². The van der Waals surface area contributed by atoms with Crippen LogP contribution in [-0.2, 0) is 17.8 Å². The van der Waals surface area contributed by atoms with E-state index >= 15 is 0 Å². The van der Waals surface area contributed by atoms with Crippen LogP contribution < -0.4 is 0 Å². The van der Waals surface area contributed by atoms with E-state index in [0.29, 0.717) is 6.42 Å². The van der Waals surface area contributed by atoms with E-state index in [4.69, 9.17) is 5.11 Å². The zero-order valence-corrected chi connectivity index (χ0v) is 13.3. The highest BCUT2D eigenvalue weighted by Gasteiger charge is 2.02. The summed E-state index contributed by atoms with van der Waals surface area (Å²) >= 11 is 0. The van der Waals surface area contributed by atoms with E-state index in [1.54, 1.807) is 0 Å². The van der Waals surface area contributed by atoms with Gasteiger partial charge in [0.25, 0.3) is 0 Å². The fraction of sp³-hybridized carbons (Fsp3) is 0.812. The maximum absolute atomic E-state index is 10.4. The molecule has 5 heteroatoms. The minimum absolute atomic E-state index is 0.242. The van der Waals surface area contributed by atoms with Crippen molar-refractivity contribution in [3.8, 4) is 0 Å². The minimum Gasteiger partial charge on any atom is -0.481 e. The summed E-state index contributed by atoms with van der Waals surface area (Å²) in [6.45, 7) is 3.18. The Hall–Kier alpha value is -1.39. The van der Waals surface area contributed by atoms with Gasteiger partial charge in [0.05, 0.1) is 5.69 Å². The molecule has 1 aromatic rings. The zero-order valence-electron chi connectivity index (χ0n) is 13.3. The van der Waals surface area contributed by atoms with E-state index in [-0.39, 0.29) is 6.42 Å². The number of unbranched alkanes of at least 4 members (excludes halogenated alkanes) is 7. The van der Waals surface area contributed by atoms with Gasteiger partial charge in [0.2, 0.25) is 0 Å². The van der Waals surface area contributed by atoms with Crippen LogP contribution in [0.2, 0.25) is 0 Å². The van der Waals surface area contributed by atoms with Crippen LogP contribution in [-0.4, -0.2) is 26.1 Å². The molecule has 0 aliphatic heterocycles. The van der Waals surface area contributed by atoms with Crippen molar-refractivity contribution in [2.45, 2.75) is 84.1 Å². The average molecular weight is 295 g/mol. The van der Waals surface area contributed by atoms with Crippen LogP contribution in [0.1, 0.15) is 76.8 Å². The Morgan fingerprint density at radius 3 is 2.52 bits per heavy atom. The molecule has 21 heavy (non-hydrogen) atoms. The molecule has 0 spiro atoms. The summed E-state index contributed by atoms with van der Waals surface area (Å²) in [4.78, 5) is 10.4. The van der Waals surface area contributed by atoms with Crippen molar-refractivity contribution in [2.75, 3.05) is 0 Å². The molecule has 0 aliphatic rings. The number of carboxylic acids is 1. The summed E-state index contributed by atoms with van der Waals surface area (Å²) in [5.74, 6) is -0.724. The monoisotopic (exact) mass is 295 g/mol. The largest absolute Gasteiger partial charge is 0.481 e. The Kier molecular flexibility index (Phi) is 9.49. The quantitative estimate of drug-likeness (QED) is 0.562. The maximum Gasteiger partial charge on any atom is 0.303 e. The van der Waals surface area contributed by atoms with Gasteiger partial charge in [-0.15, -0.1) is 5.10 Å². The van der Waals surface area contributed by atoms with Crippen molar-refractivity contribution in [1.29, 1.82) is 0 Å². The van der Waals surface area contributed by atoms with Crippen LogP contribution in [0.5, 0.6) is 0 Å². The number of hydrogen-bond donors (Lipinski definition) is 1. The predicted molar refractivity (Wildman–Crippen MR) is 83.2 cm³/mol. The lowest BCUT2D eigenvalue weighted by atomic mass is 10.1. The second kappa shape index (κ2) is 11.3. The molecule has 0 unspecified atom stereocenters. The number of rotatable bonds is 13. The van der Waals surface area contributed by atoms with E-state index in [0.717, 1.165) is 31.5 Å². The molecule has 0 saturated carbocycles. The lowest BCUT2D eigenvalue weighted by Crippen LogP contribution is -1.98. The molecule has 0 fully saturated rings. The highest BCUT2D eigenvalue weighted by atomic mass is 16.4. The van der Waals surface area contributed by atoms with Gasteiger partial charge in [-0.05, 0) is 25.7 Å². The van der Waals surface area contributed by atoms with Crippen molar-refractivity contribution < 1.29 is 9.90 Å². The van der Waals surface area contributed by atoms with Crippen molar-refractivity contribution in [3.05, 3.63) is 11.9 Å². The summed E-state index contributed by atoms with van der Waals surface area (Å²) in [7, 11) is 0. The minimum atomic E-state index is -0.724. The van der Waals surface area contributed by atoms with Crippen LogP contribution in [0.3, 0.4) is 0 Å². The van der Waals surface area contributed by atoms with Crippen LogP contribution in [0.15, 0.2) is 6.20 Å². The van der Waals surface area contributed by atoms with Gasteiger partial charge in [-0.3, -0.25) is 9.48 Å². The summed E-state index contributed by atoms with van der Waals surface area (Å²) < 4.78 is 1.92. The normalized spacial score (nSPS) is 10.9. The van der Waals surface area contributed by atoms with Gasteiger partial charge in [0.1, 0.15) is 0 Å². The van der Waals surface area contributed by atoms with Crippen LogP contribution >= 0.6 is 0 Å². The molecule has 1 rings (SSSR count). The molecule has 0 aliphatic carbocycles. The molecular weight excluding hydrogens is 266 g/mol. The SMILES string of the molecule is CCCCCCCCCn1cc(CCCCC(=O)O)nn1. The summed E-state index contributed by atoms with van der Waals surface area (Å²) in [5.41, 5.74) is 0.975. The molecule has 0 saturated heterocycles. The van der Waals surface area contributed by atoms with Gasteiger partial charge in [-0.25, -0.2) is 0 Å². The molecule has 1 heterocycles. The fourth-order valence-electron chi connectivity index (χ4n) is 2.38. The van der Waals surface area contributed by atoms with Gasteiger partial charge in [-0.2, -0.15) is 0 Å². The standard InChI is InChI=1S/C16H29N3O2/c1-2-3-4-5-6-7-10-13-19-14-15(17-18-19)11-8-9-12-16(20)21/h14H,2-13H2,1H3,(H,20,21). The van der Waals surface area contributed by atoms with Crippen molar-refractivity contribution in [2.24, 2.45) is 0 Å².